The van der Waals surface area contributed by atoms with Crippen molar-refractivity contribution < 1.29 is 9.53 Å². The van der Waals surface area contributed by atoms with Gasteiger partial charge in [0.2, 0.25) is 0 Å². The quantitative estimate of drug-likeness (QED) is 0.753. The van der Waals surface area contributed by atoms with Crippen LogP contribution in [-0.4, -0.2) is 43.0 Å². The molecule has 0 aromatic heterocycles. The summed E-state index contributed by atoms with van der Waals surface area (Å²) in [6, 6.07) is 4.14. The van der Waals surface area contributed by atoms with Gasteiger partial charge in [-0.3, -0.25) is 9.69 Å². The van der Waals surface area contributed by atoms with Crippen molar-refractivity contribution in [3.05, 3.63) is 34.4 Å². The highest BCUT2D eigenvalue weighted by Crippen LogP contribution is 2.17. The third-order valence-electron chi connectivity index (χ3n) is 4.44. The second-order valence-electron chi connectivity index (χ2n) is 6.14. The molecule has 0 N–H and O–H groups in total. The molecule has 2 rings (SSSR count). The lowest BCUT2D eigenvalue weighted by atomic mass is 9.98. The second kappa shape index (κ2) is 7.19. The Labute approximate surface area is 128 Å². The predicted molar refractivity (Wildman–Crippen MR) is 86.1 cm³/mol. The van der Waals surface area contributed by atoms with Crippen LogP contribution in [0.25, 0.3) is 0 Å². The smallest absolute Gasteiger partial charge is 0.177 e. The van der Waals surface area contributed by atoms with Crippen LogP contribution >= 0.6 is 0 Å². The predicted octanol–water partition coefficient (Wildman–Crippen LogP) is 3.30. The third kappa shape index (κ3) is 4.14. The highest BCUT2D eigenvalue weighted by atomic mass is 16.5. The molecule has 0 bridgehead atoms. The van der Waals surface area contributed by atoms with E-state index in [1.807, 2.05) is 13.0 Å². The van der Waals surface area contributed by atoms with Crippen LogP contribution in [0.1, 0.15) is 46.8 Å². The van der Waals surface area contributed by atoms with Gasteiger partial charge in [-0.1, -0.05) is 13.0 Å². The van der Waals surface area contributed by atoms with Crippen LogP contribution in [0.4, 0.5) is 0 Å². The number of Topliss-reactive ketones (excluding diaryl/α,β-unsaturated/α-hetero) is 1. The molecule has 1 atom stereocenters. The number of aryl methyl sites for hydroxylation is 3. The highest BCUT2D eigenvalue weighted by molar-refractivity contribution is 5.99. The molecule has 1 fully saturated rings. The molecule has 1 unspecified atom stereocenters. The topological polar surface area (TPSA) is 29.5 Å². The first-order valence-corrected chi connectivity index (χ1v) is 7.96. The number of ketones is 1. The second-order valence-corrected chi connectivity index (χ2v) is 6.14. The summed E-state index contributed by atoms with van der Waals surface area (Å²) in [5.41, 5.74) is 4.38. The van der Waals surface area contributed by atoms with Gasteiger partial charge in [0.05, 0.1) is 12.6 Å². The van der Waals surface area contributed by atoms with Gasteiger partial charge in [-0.15, -0.1) is 0 Å². The molecule has 1 saturated heterocycles. The summed E-state index contributed by atoms with van der Waals surface area (Å²) in [6.45, 7) is 11.4. The minimum absolute atomic E-state index is 0.218. The summed E-state index contributed by atoms with van der Waals surface area (Å²) in [6.07, 6.45) is 2.57. The number of carbonyl (C=O) groups is 1. The van der Waals surface area contributed by atoms with Crippen molar-refractivity contribution >= 4 is 5.78 Å². The summed E-state index contributed by atoms with van der Waals surface area (Å²) in [7, 11) is 0. The zero-order chi connectivity index (χ0) is 15.4. The molecule has 1 aromatic rings. The van der Waals surface area contributed by atoms with Crippen LogP contribution < -0.4 is 0 Å². The lowest BCUT2D eigenvalue weighted by molar-refractivity contribution is 0.0686. The highest BCUT2D eigenvalue weighted by Gasteiger charge is 2.21. The van der Waals surface area contributed by atoms with Gasteiger partial charge in [-0.05, 0) is 62.9 Å². The number of hydrogen-bond donors (Lipinski definition) is 0. The van der Waals surface area contributed by atoms with Gasteiger partial charge < -0.3 is 4.74 Å². The minimum Gasteiger partial charge on any atom is -0.377 e. The Hall–Kier alpha value is -1.19. The first-order valence-electron chi connectivity index (χ1n) is 7.96. The summed E-state index contributed by atoms with van der Waals surface area (Å²) in [5, 5.41) is 0. The standard InChI is InChI=1S/C18H27NO2/c1-5-19(11-16-7-6-8-21-16)12-18(20)17-10-14(3)13(2)9-15(17)4/h9-10,16H,5-8,11-12H2,1-4H3. The Morgan fingerprint density at radius 1 is 1.24 bits per heavy atom. The fraction of sp³-hybridized carbons (Fsp3) is 0.611. The van der Waals surface area contributed by atoms with Gasteiger partial charge in [0.15, 0.2) is 5.78 Å². The average molecular weight is 289 g/mol. The summed E-state index contributed by atoms with van der Waals surface area (Å²) < 4.78 is 5.68. The Balaban J connectivity index is 2.03. The Kier molecular flexibility index (Phi) is 5.54. The molecular weight excluding hydrogens is 262 g/mol. The first-order chi connectivity index (χ1) is 10.0. The van der Waals surface area contributed by atoms with Crippen molar-refractivity contribution in [2.75, 3.05) is 26.2 Å². The van der Waals surface area contributed by atoms with E-state index in [1.165, 1.54) is 11.1 Å². The number of hydrogen-bond acceptors (Lipinski definition) is 3. The Morgan fingerprint density at radius 2 is 1.95 bits per heavy atom. The average Bonchev–Trinajstić information content (AvgIpc) is 2.94. The number of rotatable bonds is 6. The van der Waals surface area contributed by atoms with Crippen molar-refractivity contribution in [3.63, 3.8) is 0 Å². The lowest BCUT2D eigenvalue weighted by Crippen LogP contribution is -2.36. The molecule has 1 heterocycles. The fourth-order valence-electron chi connectivity index (χ4n) is 2.93. The molecule has 3 heteroatoms. The number of nitrogens with zero attached hydrogens (tertiary/aromatic N) is 1. The van der Waals surface area contributed by atoms with E-state index >= 15 is 0 Å². The van der Waals surface area contributed by atoms with E-state index in [0.717, 1.165) is 43.7 Å². The van der Waals surface area contributed by atoms with Crippen LogP contribution in [0.3, 0.4) is 0 Å². The molecule has 1 aromatic carbocycles. The Bertz CT molecular complexity index is 504. The van der Waals surface area contributed by atoms with Crippen LogP contribution in [0.15, 0.2) is 12.1 Å². The van der Waals surface area contributed by atoms with Crippen molar-refractivity contribution in [1.82, 2.24) is 4.90 Å². The van der Waals surface area contributed by atoms with E-state index in [1.54, 1.807) is 0 Å². The fourth-order valence-corrected chi connectivity index (χ4v) is 2.93. The normalized spacial score (nSPS) is 18.4. The van der Waals surface area contributed by atoms with E-state index in [9.17, 15) is 4.79 Å². The van der Waals surface area contributed by atoms with Gasteiger partial charge >= 0.3 is 0 Å². The maximum atomic E-state index is 12.6. The molecule has 116 valence electrons. The van der Waals surface area contributed by atoms with E-state index in [-0.39, 0.29) is 5.78 Å². The van der Waals surface area contributed by atoms with Gasteiger partial charge in [-0.2, -0.15) is 0 Å². The number of ether oxygens (including phenoxy) is 1. The van der Waals surface area contributed by atoms with E-state index in [0.29, 0.717) is 12.6 Å². The largest absolute Gasteiger partial charge is 0.377 e. The zero-order valence-electron chi connectivity index (χ0n) is 13.7. The van der Waals surface area contributed by atoms with Crippen molar-refractivity contribution in [2.24, 2.45) is 0 Å². The lowest BCUT2D eigenvalue weighted by Gasteiger charge is -2.23. The molecule has 3 nitrogen and oxygen atoms in total. The van der Waals surface area contributed by atoms with Crippen molar-refractivity contribution in [3.8, 4) is 0 Å². The maximum Gasteiger partial charge on any atom is 0.177 e. The van der Waals surface area contributed by atoms with E-state index in [2.05, 4.69) is 31.7 Å². The third-order valence-corrected chi connectivity index (χ3v) is 4.44. The summed E-state index contributed by atoms with van der Waals surface area (Å²) in [4.78, 5) is 14.8. The van der Waals surface area contributed by atoms with Crippen molar-refractivity contribution in [2.45, 2.75) is 46.6 Å². The molecular formula is C18H27NO2. The van der Waals surface area contributed by atoms with Gasteiger partial charge in [0, 0.05) is 18.7 Å². The monoisotopic (exact) mass is 289 g/mol. The molecule has 0 aliphatic carbocycles. The van der Waals surface area contributed by atoms with Gasteiger partial charge in [0.1, 0.15) is 0 Å². The molecule has 1 aliphatic rings. The SMILES string of the molecule is CCN(CC(=O)c1cc(C)c(C)cc1C)CC1CCCO1. The summed E-state index contributed by atoms with van der Waals surface area (Å²) in [5.74, 6) is 0.218. The number of likely N-dealkylation sites (N-methyl/N-ethyl adjacent to an activating group) is 1. The van der Waals surface area contributed by atoms with Crippen LogP contribution in [0, 0.1) is 20.8 Å². The zero-order valence-corrected chi connectivity index (χ0v) is 13.7. The summed E-state index contributed by atoms with van der Waals surface area (Å²) >= 11 is 0. The van der Waals surface area contributed by atoms with Crippen LogP contribution in [0.5, 0.6) is 0 Å². The van der Waals surface area contributed by atoms with Crippen LogP contribution in [-0.2, 0) is 4.74 Å². The maximum absolute atomic E-state index is 12.6. The molecule has 0 spiro atoms. The van der Waals surface area contributed by atoms with Gasteiger partial charge in [0.25, 0.3) is 0 Å². The van der Waals surface area contributed by atoms with E-state index < -0.39 is 0 Å². The first kappa shape index (κ1) is 16.2. The molecule has 21 heavy (non-hydrogen) atoms. The molecule has 0 amide bonds. The van der Waals surface area contributed by atoms with Crippen LogP contribution in [0.2, 0.25) is 0 Å². The van der Waals surface area contributed by atoms with Gasteiger partial charge in [-0.25, -0.2) is 0 Å². The molecule has 1 aliphatic heterocycles. The molecule has 0 radical (unpaired) electrons. The number of benzene rings is 1. The minimum atomic E-state index is 0.218. The van der Waals surface area contributed by atoms with Crippen molar-refractivity contribution in [1.29, 1.82) is 0 Å². The number of carbonyl (C=O) groups excluding carboxylic acids is 1. The van der Waals surface area contributed by atoms with E-state index in [4.69, 9.17) is 4.74 Å². The Morgan fingerprint density at radius 3 is 2.57 bits per heavy atom. The molecule has 0 saturated carbocycles.